The summed E-state index contributed by atoms with van der Waals surface area (Å²) in [6.07, 6.45) is 3.06. The molecule has 1 aliphatic heterocycles. The van der Waals surface area contributed by atoms with Crippen LogP contribution in [-0.4, -0.2) is 49.4 Å². The molecule has 0 aromatic carbocycles. The third-order valence-electron chi connectivity index (χ3n) is 4.54. The Bertz CT molecular complexity index is 988. The first kappa shape index (κ1) is 17.1. The Morgan fingerprint density at radius 3 is 2.67 bits per heavy atom. The third kappa shape index (κ3) is 3.38. The van der Waals surface area contributed by atoms with Gasteiger partial charge >= 0.3 is 0 Å². The zero-order chi connectivity index (χ0) is 19.0. The standard InChI is InChI=1S/C18H21N9/c1-18(2,3)17-24-23-15-4-5-16(25-27(15)17)26-10-12(11-26)7-21-14-9-20-13(6-19)8-22-14/h4-5,8-9,12H,7,10-11H2,1-3H3,(H,21,22). The summed E-state index contributed by atoms with van der Waals surface area (Å²) in [5, 5.41) is 25.3. The molecule has 0 bridgehead atoms. The molecule has 0 radical (unpaired) electrons. The van der Waals surface area contributed by atoms with Gasteiger partial charge in [-0.25, -0.2) is 9.97 Å². The molecule has 9 nitrogen and oxygen atoms in total. The predicted octanol–water partition coefficient (Wildman–Crippen LogP) is 1.63. The van der Waals surface area contributed by atoms with E-state index in [2.05, 4.69) is 51.2 Å². The first-order valence-corrected chi connectivity index (χ1v) is 8.88. The van der Waals surface area contributed by atoms with Gasteiger partial charge in [-0.3, -0.25) is 0 Å². The molecule has 1 aliphatic rings. The van der Waals surface area contributed by atoms with E-state index in [1.165, 1.54) is 6.20 Å². The van der Waals surface area contributed by atoms with Crippen LogP contribution in [-0.2, 0) is 5.41 Å². The molecular weight excluding hydrogens is 342 g/mol. The quantitative estimate of drug-likeness (QED) is 0.745. The lowest BCUT2D eigenvalue weighted by atomic mass is 9.96. The fraction of sp³-hybridized carbons (Fsp3) is 0.444. The van der Waals surface area contributed by atoms with Crippen LogP contribution in [0.15, 0.2) is 24.5 Å². The molecule has 138 valence electrons. The van der Waals surface area contributed by atoms with Crippen LogP contribution in [0.25, 0.3) is 5.65 Å². The van der Waals surface area contributed by atoms with E-state index in [0.29, 0.717) is 17.4 Å². The van der Waals surface area contributed by atoms with Gasteiger partial charge in [0.2, 0.25) is 0 Å². The monoisotopic (exact) mass is 363 g/mol. The van der Waals surface area contributed by atoms with Gasteiger partial charge in [0, 0.05) is 31.0 Å². The summed E-state index contributed by atoms with van der Waals surface area (Å²) in [4.78, 5) is 10.4. The van der Waals surface area contributed by atoms with Crippen molar-refractivity contribution < 1.29 is 0 Å². The summed E-state index contributed by atoms with van der Waals surface area (Å²) in [5.74, 6) is 2.98. The summed E-state index contributed by atoms with van der Waals surface area (Å²) in [6.45, 7) is 8.96. The van der Waals surface area contributed by atoms with Crippen molar-refractivity contribution in [3.8, 4) is 6.07 Å². The molecule has 3 aromatic heterocycles. The van der Waals surface area contributed by atoms with Gasteiger partial charge in [-0.2, -0.15) is 9.78 Å². The summed E-state index contributed by atoms with van der Waals surface area (Å²) >= 11 is 0. The fourth-order valence-corrected chi connectivity index (χ4v) is 3.03. The van der Waals surface area contributed by atoms with Crippen LogP contribution in [0.4, 0.5) is 11.6 Å². The van der Waals surface area contributed by atoms with Crippen molar-refractivity contribution in [2.45, 2.75) is 26.2 Å². The molecule has 9 heteroatoms. The number of hydrogen-bond donors (Lipinski definition) is 1. The Morgan fingerprint density at radius 1 is 1.19 bits per heavy atom. The van der Waals surface area contributed by atoms with Crippen LogP contribution in [0.2, 0.25) is 0 Å². The number of aromatic nitrogens is 6. The van der Waals surface area contributed by atoms with Crippen LogP contribution < -0.4 is 10.2 Å². The van der Waals surface area contributed by atoms with Crippen LogP contribution in [0.3, 0.4) is 0 Å². The number of hydrogen-bond acceptors (Lipinski definition) is 8. The van der Waals surface area contributed by atoms with Gasteiger partial charge in [-0.15, -0.1) is 15.3 Å². The van der Waals surface area contributed by atoms with Crippen molar-refractivity contribution in [2.75, 3.05) is 29.9 Å². The maximum atomic E-state index is 8.75. The van der Waals surface area contributed by atoms with E-state index in [1.54, 1.807) is 6.20 Å². The van der Waals surface area contributed by atoms with Crippen molar-refractivity contribution in [3.05, 3.63) is 36.0 Å². The molecule has 1 fully saturated rings. The van der Waals surface area contributed by atoms with Gasteiger partial charge in [0.15, 0.2) is 17.2 Å². The van der Waals surface area contributed by atoms with Crippen LogP contribution in [0.1, 0.15) is 32.3 Å². The molecule has 0 amide bonds. The lowest BCUT2D eigenvalue weighted by Crippen LogP contribution is -2.50. The second-order valence-corrected chi connectivity index (χ2v) is 7.79. The van der Waals surface area contributed by atoms with Crippen molar-refractivity contribution in [3.63, 3.8) is 0 Å². The first-order chi connectivity index (χ1) is 12.9. The largest absolute Gasteiger partial charge is 0.368 e. The van der Waals surface area contributed by atoms with Gasteiger partial charge in [0.25, 0.3) is 0 Å². The van der Waals surface area contributed by atoms with Crippen molar-refractivity contribution in [1.82, 2.24) is 29.8 Å². The minimum absolute atomic E-state index is 0.116. The van der Waals surface area contributed by atoms with Crippen LogP contribution in [0, 0.1) is 17.2 Å². The average Bonchev–Trinajstić information content (AvgIpc) is 3.04. The van der Waals surface area contributed by atoms with Gasteiger partial charge in [-0.05, 0) is 12.1 Å². The molecule has 27 heavy (non-hydrogen) atoms. The Balaban J connectivity index is 1.38. The normalized spacial score (nSPS) is 14.8. The molecule has 4 heterocycles. The Labute approximate surface area is 157 Å². The first-order valence-electron chi connectivity index (χ1n) is 8.88. The van der Waals surface area contributed by atoms with Crippen LogP contribution >= 0.6 is 0 Å². The maximum Gasteiger partial charge on any atom is 0.178 e. The Morgan fingerprint density at radius 2 is 2.00 bits per heavy atom. The highest BCUT2D eigenvalue weighted by Crippen LogP contribution is 2.25. The topological polar surface area (TPSA) is 108 Å². The van der Waals surface area contributed by atoms with E-state index >= 15 is 0 Å². The summed E-state index contributed by atoms with van der Waals surface area (Å²) < 4.78 is 1.84. The Hall–Kier alpha value is -3.28. The number of nitrogens with zero attached hydrogens (tertiary/aromatic N) is 8. The Kier molecular flexibility index (Phi) is 4.11. The lowest BCUT2D eigenvalue weighted by molar-refractivity contribution is 0.423. The minimum atomic E-state index is -0.116. The zero-order valence-electron chi connectivity index (χ0n) is 15.6. The van der Waals surface area contributed by atoms with E-state index in [0.717, 1.165) is 36.9 Å². The number of nitriles is 1. The fourth-order valence-electron chi connectivity index (χ4n) is 3.03. The van der Waals surface area contributed by atoms with Crippen molar-refractivity contribution in [2.24, 2.45) is 5.92 Å². The highest BCUT2D eigenvalue weighted by molar-refractivity contribution is 5.48. The smallest absolute Gasteiger partial charge is 0.178 e. The molecule has 0 aliphatic carbocycles. The van der Waals surface area contributed by atoms with E-state index in [9.17, 15) is 0 Å². The highest BCUT2D eigenvalue weighted by Gasteiger charge is 2.29. The van der Waals surface area contributed by atoms with E-state index < -0.39 is 0 Å². The maximum absolute atomic E-state index is 8.75. The predicted molar refractivity (Wildman–Crippen MR) is 100 cm³/mol. The molecule has 0 spiro atoms. The number of anilines is 2. The second-order valence-electron chi connectivity index (χ2n) is 7.79. The molecule has 4 rings (SSSR count). The molecule has 1 N–H and O–H groups in total. The van der Waals surface area contributed by atoms with E-state index in [4.69, 9.17) is 10.4 Å². The molecule has 0 atom stereocenters. The van der Waals surface area contributed by atoms with Crippen molar-refractivity contribution in [1.29, 1.82) is 5.26 Å². The lowest BCUT2D eigenvalue weighted by Gasteiger charge is -2.40. The van der Waals surface area contributed by atoms with E-state index in [-0.39, 0.29) is 5.41 Å². The van der Waals surface area contributed by atoms with Gasteiger partial charge in [0.05, 0.1) is 12.4 Å². The minimum Gasteiger partial charge on any atom is -0.368 e. The molecule has 0 unspecified atom stereocenters. The average molecular weight is 363 g/mol. The SMILES string of the molecule is CC(C)(C)c1nnc2ccc(N3CC(CNc4cnc(C#N)cn4)C3)nn12. The van der Waals surface area contributed by atoms with Crippen LogP contribution in [0.5, 0.6) is 0 Å². The van der Waals surface area contributed by atoms with E-state index in [1.807, 2.05) is 22.7 Å². The highest BCUT2D eigenvalue weighted by atomic mass is 15.4. The second kappa shape index (κ2) is 6.46. The number of fused-ring (bicyclic) bond motifs is 1. The molecule has 1 saturated heterocycles. The molecule has 3 aromatic rings. The van der Waals surface area contributed by atoms with Gasteiger partial charge in [0.1, 0.15) is 17.7 Å². The molecular formula is C18H21N9. The third-order valence-corrected chi connectivity index (χ3v) is 4.54. The number of nitrogens with one attached hydrogen (secondary N) is 1. The zero-order valence-corrected chi connectivity index (χ0v) is 15.6. The summed E-state index contributed by atoms with van der Waals surface area (Å²) in [5.41, 5.74) is 0.969. The number of rotatable bonds is 4. The van der Waals surface area contributed by atoms with Crippen molar-refractivity contribution >= 4 is 17.3 Å². The summed E-state index contributed by atoms with van der Waals surface area (Å²) in [7, 11) is 0. The van der Waals surface area contributed by atoms with Gasteiger partial charge in [-0.1, -0.05) is 20.8 Å². The van der Waals surface area contributed by atoms with Gasteiger partial charge < -0.3 is 10.2 Å². The molecule has 0 saturated carbocycles. The summed E-state index contributed by atoms with van der Waals surface area (Å²) in [6, 6.07) is 5.92.